The zero-order valence-electron chi connectivity index (χ0n) is 8.78. The molecule has 3 atom stereocenters. The van der Waals surface area contributed by atoms with Crippen LogP contribution in [-0.4, -0.2) is 25.8 Å². The molecule has 1 aromatic rings. The van der Waals surface area contributed by atoms with Crippen molar-refractivity contribution in [2.45, 2.75) is 35.3 Å². The van der Waals surface area contributed by atoms with Gasteiger partial charge >= 0.3 is 109 Å². The number of hydrogen-bond acceptors (Lipinski definition) is 3. The first-order chi connectivity index (χ1) is 6.52. The van der Waals surface area contributed by atoms with E-state index in [0.29, 0.717) is 5.25 Å². The van der Waals surface area contributed by atoms with Crippen LogP contribution in [0, 0.1) is 0 Å². The summed E-state index contributed by atoms with van der Waals surface area (Å²) in [6, 6.07) is 2.40. The Bertz CT molecular complexity index is 283. The predicted octanol–water partition coefficient (Wildman–Crippen LogP) is 3.08. The third-order valence-corrected chi connectivity index (χ3v) is 5.36. The Balaban J connectivity index is 2.78. The van der Waals surface area contributed by atoms with Crippen LogP contribution in [0.4, 0.5) is 0 Å². The number of thiophene rings is 1. The fourth-order valence-corrected chi connectivity index (χ4v) is 5.16. The first-order valence-electron chi connectivity index (χ1n) is 4.71. The third kappa shape index (κ3) is 3.43. The Morgan fingerprint density at radius 3 is 2.57 bits per heavy atom. The fourth-order valence-electron chi connectivity index (χ4n) is 1.42. The molecule has 0 aliphatic heterocycles. The van der Waals surface area contributed by atoms with Gasteiger partial charge in [0.05, 0.1) is 0 Å². The van der Waals surface area contributed by atoms with E-state index in [1.807, 2.05) is 11.8 Å². The van der Waals surface area contributed by atoms with Crippen LogP contribution < -0.4 is 5.73 Å². The Labute approximate surface area is 108 Å². The van der Waals surface area contributed by atoms with Crippen molar-refractivity contribution in [3.05, 3.63) is 21.9 Å². The molecular weight excluding hydrogens is 317 g/mol. The van der Waals surface area contributed by atoms with Gasteiger partial charge in [-0.1, -0.05) is 0 Å². The summed E-state index contributed by atoms with van der Waals surface area (Å²) < 4.78 is 0.762. The van der Waals surface area contributed by atoms with Gasteiger partial charge in [-0.2, -0.15) is 0 Å². The van der Waals surface area contributed by atoms with Crippen LogP contribution in [0.25, 0.3) is 0 Å². The van der Waals surface area contributed by atoms with E-state index in [1.165, 1.54) is 10.4 Å². The molecule has 3 radical (unpaired) electrons. The van der Waals surface area contributed by atoms with E-state index in [2.05, 4.69) is 32.2 Å². The van der Waals surface area contributed by atoms with E-state index in [1.54, 1.807) is 33.9 Å². The monoisotopic (exact) mass is 334 g/mol. The van der Waals surface area contributed by atoms with E-state index in [4.69, 9.17) is 5.73 Å². The van der Waals surface area contributed by atoms with Crippen molar-refractivity contribution in [2.75, 3.05) is 0 Å². The summed E-state index contributed by atoms with van der Waals surface area (Å²) in [5.41, 5.74) is 7.37. The van der Waals surface area contributed by atoms with Crippen LogP contribution in [0.15, 0.2) is 11.4 Å². The maximum atomic E-state index is 5.93. The van der Waals surface area contributed by atoms with Gasteiger partial charge in [-0.15, -0.1) is 0 Å². The molecule has 3 unspecified atom stereocenters. The van der Waals surface area contributed by atoms with Gasteiger partial charge in [-0.05, 0) is 0 Å². The van der Waals surface area contributed by atoms with E-state index < -0.39 is 0 Å². The molecule has 4 heteroatoms. The van der Waals surface area contributed by atoms with Crippen molar-refractivity contribution in [2.24, 2.45) is 5.73 Å². The second kappa shape index (κ2) is 5.77. The quantitative estimate of drug-likeness (QED) is 0.857. The van der Waals surface area contributed by atoms with Crippen LogP contribution in [-0.2, 0) is 0 Å². The molecule has 14 heavy (non-hydrogen) atoms. The number of thioether (sulfide) groups is 1. The summed E-state index contributed by atoms with van der Waals surface area (Å²) in [6.45, 7) is 6.62. The first-order valence-corrected chi connectivity index (χ1v) is 8.18. The van der Waals surface area contributed by atoms with Gasteiger partial charge in [-0.25, -0.2) is 0 Å². The Morgan fingerprint density at radius 1 is 1.43 bits per heavy atom. The normalized spacial score (nSPS) is 17.8. The molecule has 1 rings (SSSR count). The van der Waals surface area contributed by atoms with Crippen LogP contribution in [0.3, 0.4) is 0 Å². The van der Waals surface area contributed by atoms with Gasteiger partial charge in [0.1, 0.15) is 0 Å². The van der Waals surface area contributed by atoms with Crippen LogP contribution >= 0.6 is 23.1 Å². The van der Waals surface area contributed by atoms with E-state index >= 15 is 0 Å². The second-order valence-corrected chi connectivity index (χ2v) is 9.75. The van der Waals surface area contributed by atoms with Crippen molar-refractivity contribution >= 4 is 45.6 Å². The zero-order chi connectivity index (χ0) is 10.7. The van der Waals surface area contributed by atoms with Gasteiger partial charge < -0.3 is 0 Å². The van der Waals surface area contributed by atoms with E-state index in [-0.39, 0.29) is 6.04 Å². The van der Waals surface area contributed by atoms with Crippen molar-refractivity contribution in [3.63, 3.8) is 0 Å². The van der Waals surface area contributed by atoms with Crippen LogP contribution in [0.2, 0.25) is 0 Å². The molecule has 2 N–H and O–H groups in total. The molecule has 1 nitrogen and oxygen atoms in total. The number of nitrogens with two attached hydrogens (primary N) is 1. The molecule has 0 aliphatic rings. The molecule has 0 spiro atoms. The molecule has 77 valence electrons. The SMILES string of the molecule is C[CH]([Sn])SC(C)c1ccsc1C(C)N. The summed E-state index contributed by atoms with van der Waals surface area (Å²) in [7, 11) is 0. The Kier molecular flexibility index (Phi) is 5.31. The summed E-state index contributed by atoms with van der Waals surface area (Å²) in [5, 5.41) is 2.73. The maximum absolute atomic E-state index is 5.93. The summed E-state index contributed by atoms with van der Waals surface area (Å²) in [5.74, 6) is 0. The molecule has 0 amide bonds. The molecule has 1 aromatic heterocycles. The van der Waals surface area contributed by atoms with Gasteiger partial charge in [0.25, 0.3) is 0 Å². The minimum atomic E-state index is 0.174. The zero-order valence-corrected chi connectivity index (χ0v) is 13.3. The summed E-state index contributed by atoms with van der Waals surface area (Å²) in [4.78, 5) is 1.35. The average Bonchev–Trinajstić information content (AvgIpc) is 2.49. The Hall–Kier alpha value is 0.809. The molecule has 0 saturated heterocycles. The van der Waals surface area contributed by atoms with Crippen LogP contribution in [0.1, 0.15) is 42.5 Å². The number of hydrogen-bond donors (Lipinski definition) is 1. The van der Waals surface area contributed by atoms with Crippen molar-refractivity contribution < 1.29 is 0 Å². The number of rotatable bonds is 4. The minimum absolute atomic E-state index is 0.174. The van der Waals surface area contributed by atoms with Gasteiger partial charge in [-0.3, -0.25) is 0 Å². The van der Waals surface area contributed by atoms with E-state index in [9.17, 15) is 0 Å². The fraction of sp³-hybridized carbons (Fsp3) is 0.600. The molecule has 0 bridgehead atoms. The van der Waals surface area contributed by atoms with Gasteiger partial charge in [0.2, 0.25) is 0 Å². The molecule has 1 heterocycles. The van der Waals surface area contributed by atoms with Gasteiger partial charge in [0, 0.05) is 0 Å². The predicted molar refractivity (Wildman–Crippen MR) is 68.1 cm³/mol. The molecule has 0 fully saturated rings. The second-order valence-electron chi connectivity index (χ2n) is 3.45. The Morgan fingerprint density at radius 2 is 2.07 bits per heavy atom. The first kappa shape index (κ1) is 12.9. The van der Waals surface area contributed by atoms with Gasteiger partial charge in [0.15, 0.2) is 0 Å². The average molecular weight is 333 g/mol. The standard InChI is InChI=1S/C10H16NS2.Sn/c1-4-12-8(3)9-5-6-13-10(9)7(2)11;/h4-8H,11H2,1-3H3;. The summed E-state index contributed by atoms with van der Waals surface area (Å²) >= 11 is 5.42. The molecule has 0 aromatic carbocycles. The van der Waals surface area contributed by atoms with Crippen molar-refractivity contribution in [1.29, 1.82) is 0 Å². The van der Waals surface area contributed by atoms with E-state index in [0.717, 1.165) is 3.27 Å². The van der Waals surface area contributed by atoms with Crippen molar-refractivity contribution in [1.82, 2.24) is 0 Å². The third-order valence-electron chi connectivity index (χ3n) is 1.99. The summed E-state index contributed by atoms with van der Waals surface area (Å²) in [6.07, 6.45) is 0. The molecule has 0 saturated carbocycles. The molecular formula is C10H16NS2Sn. The molecule has 0 aliphatic carbocycles. The van der Waals surface area contributed by atoms with Crippen molar-refractivity contribution in [3.8, 4) is 0 Å². The van der Waals surface area contributed by atoms with Crippen LogP contribution in [0.5, 0.6) is 0 Å². The topological polar surface area (TPSA) is 26.0 Å².